The molecule has 0 spiro atoms. The van der Waals surface area contributed by atoms with Crippen molar-refractivity contribution in [3.63, 3.8) is 0 Å². The van der Waals surface area contributed by atoms with Crippen molar-refractivity contribution in [3.05, 3.63) is 77.3 Å². The third kappa shape index (κ3) is 5.85. The van der Waals surface area contributed by atoms with Crippen LogP contribution in [0.5, 0.6) is 5.75 Å². The topological polar surface area (TPSA) is 85.8 Å². The van der Waals surface area contributed by atoms with E-state index in [4.69, 9.17) is 0 Å². The number of likely N-dealkylation sites (tertiary alicyclic amines) is 1. The van der Waals surface area contributed by atoms with Gasteiger partial charge in [0, 0.05) is 44.9 Å². The molecular formula is C32H38F2N4O3. The van der Waals surface area contributed by atoms with Gasteiger partial charge in [0.05, 0.1) is 17.3 Å². The maximum absolute atomic E-state index is 13.8. The van der Waals surface area contributed by atoms with Crippen molar-refractivity contribution in [1.29, 1.82) is 0 Å². The number of alkyl halides is 2. The number of hydrogen-bond acceptors (Lipinski definition) is 5. The summed E-state index contributed by atoms with van der Waals surface area (Å²) < 4.78 is 27.5. The number of nitrogens with zero attached hydrogens (tertiary/aromatic N) is 3. The van der Waals surface area contributed by atoms with Gasteiger partial charge in [0.1, 0.15) is 11.4 Å². The van der Waals surface area contributed by atoms with Gasteiger partial charge >= 0.3 is 0 Å². The smallest absolute Gasteiger partial charge is 0.286 e. The minimum atomic E-state index is -3.11. The summed E-state index contributed by atoms with van der Waals surface area (Å²) in [7, 11) is 0. The number of nitrogens with one attached hydrogen (secondary N) is 1. The number of fused-ring (bicyclic) bond motifs is 1. The van der Waals surface area contributed by atoms with Crippen LogP contribution in [0.1, 0.15) is 79.9 Å². The number of benzene rings is 1. The molecule has 0 bridgehead atoms. The van der Waals surface area contributed by atoms with Crippen LogP contribution in [0.4, 0.5) is 14.5 Å². The van der Waals surface area contributed by atoms with Crippen molar-refractivity contribution in [2.45, 2.75) is 70.3 Å². The molecule has 1 aromatic heterocycles. The molecule has 1 aromatic carbocycles. The van der Waals surface area contributed by atoms with Crippen molar-refractivity contribution in [3.8, 4) is 5.75 Å². The Kier molecular flexibility index (Phi) is 8.16. The van der Waals surface area contributed by atoms with Crippen LogP contribution in [0.3, 0.4) is 0 Å². The van der Waals surface area contributed by atoms with E-state index in [-0.39, 0.29) is 29.0 Å². The molecule has 2 N–H and O–H groups in total. The van der Waals surface area contributed by atoms with Crippen molar-refractivity contribution in [2.75, 3.05) is 25.0 Å². The SMILES string of the molecule is C=CC(=O)N1CCC(CC)C2=C(Nc3ccc(C4CCC4)cc3O)CCN(C(=O)c3ccc(C(C)(F)F)nc3)C2C1. The molecule has 1 aliphatic carbocycles. The Morgan fingerprint density at radius 1 is 1.20 bits per heavy atom. The molecule has 41 heavy (non-hydrogen) atoms. The summed E-state index contributed by atoms with van der Waals surface area (Å²) in [6.45, 7) is 7.70. The van der Waals surface area contributed by atoms with Gasteiger partial charge in [-0.3, -0.25) is 14.6 Å². The van der Waals surface area contributed by atoms with Gasteiger partial charge < -0.3 is 20.2 Å². The Labute approximate surface area is 239 Å². The average molecular weight is 565 g/mol. The Bertz CT molecular complexity index is 1350. The van der Waals surface area contributed by atoms with E-state index in [0.717, 1.165) is 49.4 Å². The van der Waals surface area contributed by atoms with Crippen LogP contribution in [0.25, 0.3) is 0 Å². The number of carbonyl (C=O) groups excluding carboxylic acids is 2. The standard InChI is InChI=1S/C32H38F2N4O3/c1-4-20-13-15-37(29(40)5-2)19-26-30(20)25(36-24-11-9-22(17-27(24)39)21-7-6-8-21)14-16-38(26)31(41)23-10-12-28(35-18-23)32(3,33)34/h5,9-12,17-18,20-21,26,36,39H,2,4,6-8,13-16,19H2,1,3H3. The Morgan fingerprint density at radius 3 is 2.56 bits per heavy atom. The van der Waals surface area contributed by atoms with Gasteiger partial charge in [0.2, 0.25) is 5.91 Å². The van der Waals surface area contributed by atoms with Crippen molar-refractivity contribution in [2.24, 2.45) is 5.92 Å². The highest BCUT2D eigenvalue weighted by atomic mass is 19.3. The fourth-order valence-corrected chi connectivity index (χ4v) is 6.27. The molecule has 5 rings (SSSR count). The lowest BCUT2D eigenvalue weighted by atomic mass is 9.80. The van der Waals surface area contributed by atoms with E-state index in [9.17, 15) is 23.5 Å². The molecule has 2 fully saturated rings. The van der Waals surface area contributed by atoms with Crippen LogP contribution >= 0.6 is 0 Å². The Hall–Kier alpha value is -3.75. The number of hydrogen-bond donors (Lipinski definition) is 2. The quantitative estimate of drug-likeness (QED) is 0.309. The summed E-state index contributed by atoms with van der Waals surface area (Å²) in [5.41, 5.74) is 3.58. The first-order valence-electron chi connectivity index (χ1n) is 14.5. The summed E-state index contributed by atoms with van der Waals surface area (Å²) in [5, 5.41) is 14.4. The molecule has 1 saturated carbocycles. The summed E-state index contributed by atoms with van der Waals surface area (Å²) in [6, 6.07) is 7.98. The lowest BCUT2D eigenvalue weighted by Gasteiger charge is -2.41. The molecule has 7 nitrogen and oxygen atoms in total. The van der Waals surface area contributed by atoms with Gasteiger partial charge in [-0.1, -0.05) is 26.0 Å². The van der Waals surface area contributed by atoms with Crippen molar-refractivity contribution < 1.29 is 23.5 Å². The molecule has 3 heterocycles. The third-order valence-corrected chi connectivity index (χ3v) is 8.85. The van der Waals surface area contributed by atoms with E-state index >= 15 is 0 Å². The average Bonchev–Trinajstić information content (AvgIpc) is 3.12. The van der Waals surface area contributed by atoms with Crippen molar-refractivity contribution >= 4 is 17.5 Å². The first-order chi connectivity index (χ1) is 19.6. The minimum Gasteiger partial charge on any atom is -0.506 e. The van der Waals surface area contributed by atoms with Gasteiger partial charge in [-0.2, -0.15) is 8.78 Å². The highest BCUT2D eigenvalue weighted by Crippen LogP contribution is 2.41. The minimum absolute atomic E-state index is 0.0939. The van der Waals surface area contributed by atoms with Gasteiger partial charge in [0.25, 0.3) is 11.8 Å². The zero-order valence-electron chi connectivity index (χ0n) is 23.7. The van der Waals surface area contributed by atoms with Crippen LogP contribution < -0.4 is 5.32 Å². The van der Waals surface area contributed by atoms with Crippen LogP contribution in [0.15, 0.2) is 60.5 Å². The number of rotatable bonds is 7. The van der Waals surface area contributed by atoms with E-state index in [1.54, 1.807) is 9.80 Å². The second-order valence-corrected chi connectivity index (χ2v) is 11.4. The molecule has 2 aromatic rings. The zero-order chi connectivity index (χ0) is 29.3. The molecule has 3 aliphatic rings. The monoisotopic (exact) mass is 564 g/mol. The second-order valence-electron chi connectivity index (χ2n) is 11.4. The van der Waals surface area contributed by atoms with Gasteiger partial charge in [-0.15, -0.1) is 0 Å². The maximum atomic E-state index is 13.8. The Balaban J connectivity index is 1.51. The fraction of sp³-hybridized carbons (Fsp3) is 0.469. The number of anilines is 1. The normalized spacial score (nSPS) is 21.6. The van der Waals surface area contributed by atoms with Crippen LogP contribution in [0.2, 0.25) is 0 Å². The van der Waals surface area contributed by atoms with E-state index in [1.165, 1.54) is 30.8 Å². The number of pyridine rings is 1. The van der Waals surface area contributed by atoms with E-state index < -0.39 is 17.7 Å². The summed E-state index contributed by atoms with van der Waals surface area (Å²) in [6.07, 6.45) is 8.05. The third-order valence-electron chi connectivity index (χ3n) is 8.85. The van der Waals surface area contributed by atoms with Crippen molar-refractivity contribution in [1.82, 2.24) is 14.8 Å². The molecule has 1 saturated heterocycles. The number of phenolic OH excluding ortho intramolecular Hbond substituents is 1. The van der Waals surface area contributed by atoms with Crippen LogP contribution in [0, 0.1) is 5.92 Å². The highest BCUT2D eigenvalue weighted by Gasteiger charge is 2.40. The number of halogens is 2. The highest BCUT2D eigenvalue weighted by molar-refractivity contribution is 5.95. The van der Waals surface area contributed by atoms with Gasteiger partial charge in [0.15, 0.2) is 0 Å². The molecule has 2 atom stereocenters. The fourth-order valence-electron chi connectivity index (χ4n) is 6.27. The second kappa shape index (κ2) is 11.6. The predicted octanol–water partition coefficient (Wildman–Crippen LogP) is 6.19. The zero-order valence-corrected chi connectivity index (χ0v) is 23.7. The number of aromatic nitrogens is 1. The summed E-state index contributed by atoms with van der Waals surface area (Å²) in [5.74, 6) is -2.83. The number of aromatic hydroxyl groups is 1. The van der Waals surface area contributed by atoms with Crippen LogP contribution in [-0.2, 0) is 10.7 Å². The summed E-state index contributed by atoms with van der Waals surface area (Å²) >= 11 is 0. The molecule has 2 amide bonds. The molecule has 9 heteroatoms. The van der Waals surface area contributed by atoms with E-state index in [1.807, 2.05) is 12.1 Å². The predicted molar refractivity (Wildman–Crippen MR) is 154 cm³/mol. The van der Waals surface area contributed by atoms with Crippen LogP contribution in [-0.4, -0.2) is 57.4 Å². The first-order valence-corrected chi connectivity index (χ1v) is 14.5. The molecular weight excluding hydrogens is 526 g/mol. The lowest BCUT2D eigenvalue weighted by Crippen LogP contribution is -2.51. The molecule has 2 unspecified atom stereocenters. The summed E-state index contributed by atoms with van der Waals surface area (Å²) in [4.78, 5) is 33.9. The number of phenols is 1. The molecule has 2 aliphatic heterocycles. The number of amides is 2. The van der Waals surface area contributed by atoms with E-state index in [0.29, 0.717) is 37.7 Å². The maximum Gasteiger partial charge on any atom is 0.286 e. The molecule has 218 valence electrons. The first kappa shape index (κ1) is 28.8. The lowest BCUT2D eigenvalue weighted by molar-refractivity contribution is -0.126. The largest absolute Gasteiger partial charge is 0.506 e. The number of carbonyl (C=O) groups is 2. The van der Waals surface area contributed by atoms with Gasteiger partial charge in [-0.25, -0.2) is 0 Å². The van der Waals surface area contributed by atoms with Gasteiger partial charge in [-0.05, 0) is 79.0 Å². The Morgan fingerprint density at radius 2 is 1.98 bits per heavy atom. The van der Waals surface area contributed by atoms with E-state index in [2.05, 4.69) is 29.9 Å². The molecule has 0 radical (unpaired) electrons.